The first-order valence-corrected chi connectivity index (χ1v) is 11.3. The van der Waals surface area contributed by atoms with Crippen LogP contribution in [0.3, 0.4) is 0 Å². The largest absolute Gasteiger partial charge is 0.420 e. The van der Waals surface area contributed by atoms with E-state index in [0.29, 0.717) is 19.2 Å². The van der Waals surface area contributed by atoms with Crippen LogP contribution in [-0.2, 0) is 12.4 Å². The second-order valence-electron chi connectivity index (χ2n) is 8.24. The molecular weight excluding hydrogens is 512 g/mol. The number of hydrogen-bond acceptors (Lipinski definition) is 4. The van der Waals surface area contributed by atoms with Gasteiger partial charge < -0.3 is 5.32 Å². The van der Waals surface area contributed by atoms with Gasteiger partial charge in [-0.2, -0.15) is 31.4 Å². The van der Waals surface area contributed by atoms with Crippen molar-refractivity contribution >= 4 is 28.9 Å². The Labute approximate surface area is 207 Å². The molecule has 1 aromatic heterocycles. The highest BCUT2D eigenvalue weighted by Crippen LogP contribution is 2.37. The van der Waals surface area contributed by atoms with E-state index in [1.807, 2.05) is 0 Å². The Morgan fingerprint density at radius 3 is 2.47 bits per heavy atom. The molecule has 3 rings (SSSR count). The van der Waals surface area contributed by atoms with Crippen LogP contribution in [0.5, 0.6) is 0 Å². The SMILES string of the molecule is CC(=N)/N=C(\C(=C\C(=O)c1cccc(C(F)(F)F)c1Cl)CC1CCCCN1)c1n[nH]cc1C(F)(F)F. The van der Waals surface area contributed by atoms with E-state index in [-0.39, 0.29) is 29.6 Å². The predicted molar refractivity (Wildman–Crippen MR) is 123 cm³/mol. The molecule has 13 heteroatoms. The maximum absolute atomic E-state index is 13.6. The summed E-state index contributed by atoms with van der Waals surface area (Å²) >= 11 is 5.90. The standard InChI is InChI=1S/C23H22ClF6N5O/c1-12(31)34-20(21-17(11-33-35-21)23(28,29)30)13(9-14-5-2-3-8-32-14)10-18(36)15-6-4-7-16(19(15)24)22(25,26)27/h4,6-7,10-11,14,31-32H,2-3,5,8-9H2,1H3,(H,33,35)/b13-10+,31-12?,34-20+. The number of aromatic nitrogens is 2. The van der Waals surface area contributed by atoms with Crippen LogP contribution in [0.1, 0.15) is 59.8 Å². The van der Waals surface area contributed by atoms with Crippen LogP contribution in [0.4, 0.5) is 26.3 Å². The monoisotopic (exact) mass is 533 g/mol. The number of piperidine rings is 1. The highest BCUT2D eigenvalue weighted by Gasteiger charge is 2.38. The number of ketones is 1. The van der Waals surface area contributed by atoms with Gasteiger partial charge in [0.2, 0.25) is 0 Å². The Kier molecular flexibility index (Phi) is 8.40. The number of H-pyrrole nitrogens is 1. The molecule has 2 heterocycles. The van der Waals surface area contributed by atoms with Gasteiger partial charge in [-0.3, -0.25) is 15.3 Å². The Balaban J connectivity index is 2.16. The average molecular weight is 534 g/mol. The molecule has 1 unspecified atom stereocenters. The molecule has 1 aliphatic rings. The second kappa shape index (κ2) is 11.0. The number of benzene rings is 1. The van der Waals surface area contributed by atoms with Gasteiger partial charge in [0.25, 0.3) is 0 Å². The van der Waals surface area contributed by atoms with Gasteiger partial charge in [-0.1, -0.05) is 24.1 Å². The molecule has 194 valence electrons. The molecule has 1 aromatic carbocycles. The first-order chi connectivity index (χ1) is 16.8. The fourth-order valence-corrected chi connectivity index (χ4v) is 4.22. The molecular formula is C23H22ClF6N5O. The summed E-state index contributed by atoms with van der Waals surface area (Å²) < 4.78 is 80.8. The highest BCUT2D eigenvalue weighted by molar-refractivity contribution is 6.35. The van der Waals surface area contributed by atoms with Crippen LogP contribution < -0.4 is 5.32 Å². The number of allylic oxidation sites excluding steroid dienone is 1. The van der Waals surface area contributed by atoms with Gasteiger partial charge in [-0.25, -0.2) is 4.99 Å². The average Bonchev–Trinajstić information content (AvgIpc) is 3.27. The van der Waals surface area contributed by atoms with Crippen molar-refractivity contribution in [3.8, 4) is 0 Å². The van der Waals surface area contributed by atoms with Gasteiger partial charge in [0, 0.05) is 17.8 Å². The fourth-order valence-electron chi connectivity index (χ4n) is 3.90. The normalized spacial score (nSPS) is 17.8. The van der Waals surface area contributed by atoms with Crippen molar-refractivity contribution in [2.24, 2.45) is 4.99 Å². The molecule has 3 N–H and O–H groups in total. The maximum atomic E-state index is 13.6. The van der Waals surface area contributed by atoms with E-state index in [1.54, 1.807) is 0 Å². The third-order valence-electron chi connectivity index (χ3n) is 5.51. The minimum absolute atomic E-state index is 0.0166. The molecule has 2 aromatic rings. The molecule has 36 heavy (non-hydrogen) atoms. The summed E-state index contributed by atoms with van der Waals surface area (Å²) in [6.45, 7) is 1.89. The summed E-state index contributed by atoms with van der Waals surface area (Å²) in [4.78, 5) is 17.1. The number of aromatic amines is 1. The number of carbonyl (C=O) groups excluding carboxylic acids is 1. The first kappa shape index (κ1) is 27.6. The summed E-state index contributed by atoms with van der Waals surface area (Å²) in [7, 11) is 0. The zero-order valence-corrected chi connectivity index (χ0v) is 19.7. The second-order valence-corrected chi connectivity index (χ2v) is 8.62. The lowest BCUT2D eigenvalue weighted by Crippen LogP contribution is -2.35. The Morgan fingerprint density at radius 1 is 1.19 bits per heavy atom. The third-order valence-corrected chi connectivity index (χ3v) is 5.91. The number of nitrogens with zero attached hydrogens (tertiary/aromatic N) is 2. The van der Waals surface area contributed by atoms with Gasteiger partial charge >= 0.3 is 12.4 Å². The third kappa shape index (κ3) is 6.61. The van der Waals surface area contributed by atoms with E-state index in [0.717, 1.165) is 37.1 Å². The molecule has 6 nitrogen and oxygen atoms in total. The minimum atomic E-state index is -4.82. The van der Waals surface area contributed by atoms with Gasteiger partial charge in [0.1, 0.15) is 17.1 Å². The lowest BCUT2D eigenvalue weighted by Gasteiger charge is -2.25. The molecule has 1 fully saturated rings. The van der Waals surface area contributed by atoms with Gasteiger partial charge in [0.05, 0.1) is 16.3 Å². The van der Waals surface area contributed by atoms with Crippen molar-refractivity contribution < 1.29 is 31.1 Å². The Hall–Kier alpha value is -2.99. The fraction of sp³-hybridized carbons (Fsp3) is 0.391. The maximum Gasteiger partial charge on any atom is 0.420 e. The van der Waals surface area contributed by atoms with Crippen LogP contribution in [0.15, 0.2) is 41.0 Å². The van der Waals surface area contributed by atoms with E-state index in [9.17, 15) is 31.1 Å². The first-order valence-electron chi connectivity index (χ1n) is 10.9. The van der Waals surface area contributed by atoms with Crippen LogP contribution in [0.2, 0.25) is 5.02 Å². The Bertz CT molecular complexity index is 1190. The quantitative estimate of drug-likeness (QED) is 0.135. The number of aliphatic imine (C=N–C) groups is 1. The molecule has 1 atom stereocenters. The number of halogens is 7. The van der Waals surface area contributed by atoms with Gasteiger partial charge in [0.15, 0.2) is 5.78 Å². The van der Waals surface area contributed by atoms with Gasteiger partial charge in [-0.05, 0) is 56.5 Å². The predicted octanol–water partition coefficient (Wildman–Crippen LogP) is 6.23. The number of hydrogen-bond donors (Lipinski definition) is 3. The number of rotatable bonds is 6. The molecule has 1 saturated heterocycles. The molecule has 0 aliphatic carbocycles. The number of nitrogens with one attached hydrogen (secondary N) is 3. The number of carbonyl (C=O) groups is 1. The van der Waals surface area contributed by atoms with E-state index >= 15 is 0 Å². The summed E-state index contributed by atoms with van der Waals surface area (Å²) in [5.74, 6) is -1.30. The molecule has 0 saturated carbocycles. The van der Waals surface area contributed by atoms with Crippen LogP contribution >= 0.6 is 11.6 Å². The number of alkyl halides is 6. The van der Waals surface area contributed by atoms with Crippen LogP contribution in [-0.4, -0.2) is 40.1 Å². The zero-order valence-electron chi connectivity index (χ0n) is 18.9. The van der Waals surface area contributed by atoms with Crippen molar-refractivity contribution in [3.05, 3.63) is 63.5 Å². The zero-order chi connectivity index (χ0) is 26.7. The molecule has 0 spiro atoms. The van der Waals surface area contributed by atoms with E-state index in [2.05, 4.69) is 20.5 Å². The lowest BCUT2D eigenvalue weighted by molar-refractivity contribution is -0.138. The van der Waals surface area contributed by atoms with Crippen molar-refractivity contribution in [1.29, 1.82) is 5.41 Å². The molecule has 1 aliphatic heterocycles. The Morgan fingerprint density at radius 2 is 1.89 bits per heavy atom. The topological polar surface area (TPSA) is 94.0 Å². The summed E-state index contributed by atoms with van der Waals surface area (Å²) in [5, 5.41) is 16.0. The number of amidine groups is 1. The van der Waals surface area contributed by atoms with E-state index in [1.165, 1.54) is 6.92 Å². The van der Waals surface area contributed by atoms with Crippen LogP contribution in [0.25, 0.3) is 0 Å². The van der Waals surface area contributed by atoms with Crippen molar-refractivity contribution in [2.45, 2.75) is 51.0 Å². The van der Waals surface area contributed by atoms with Crippen molar-refractivity contribution in [1.82, 2.24) is 15.5 Å². The van der Waals surface area contributed by atoms with Gasteiger partial charge in [-0.15, -0.1) is 0 Å². The van der Waals surface area contributed by atoms with E-state index in [4.69, 9.17) is 17.0 Å². The smallest absolute Gasteiger partial charge is 0.314 e. The molecule has 0 bridgehead atoms. The van der Waals surface area contributed by atoms with E-state index < -0.39 is 45.5 Å². The molecule has 0 amide bonds. The summed E-state index contributed by atoms with van der Waals surface area (Å²) in [6, 6.07) is 2.60. The molecule has 0 radical (unpaired) electrons. The summed E-state index contributed by atoms with van der Waals surface area (Å²) in [6.07, 6.45) is -5.66. The summed E-state index contributed by atoms with van der Waals surface area (Å²) in [5.41, 5.74) is -3.86. The lowest BCUT2D eigenvalue weighted by atomic mass is 9.91. The minimum Gasteiger partial charge on any atom is -0.314 e. The van der Waals surface area contributed by atoms with Crippen molar-refractivity contribution in [2.75, 3.05) is 6.54 Å². The van der Waals surface area contributed by atoms with Crippen LogP contribution in [0, 0.1) is 5.41 Å². The highest BCUT2D eigenvalue weighted by atomic mass is 35.5. The van der Waals surface area contributed by atoms with Crippen molar-refractivity contribution in [3.63, 3.8) is 0 Å².